The van der Waals surface area contributed by atoms with Gasteiger partial charge in [0, 0.05) is 28.8 Å². The molecule has 0 saturated heterocycles. The van der Waals surface area contributed by atoms with E-state index in [1.54, 1.807) is 11.3 Å². The Morgan fingerprint density at radius 3 is 2.44 bits per heavy atom. The molecule has 0 aliphatic heterocycles. The molecule has 2 aromatic carbocycles. The molecule has 0 radical (unpaired) electrons. The van der Waals surface area contributed by atoms with E-state index in [0.29, 0.717) is 17.6 Å². The van der Waals surface area contributed by atoms with Gasteiger partial charge in [-0.15, -0.1) is 11.3 Å². The lowest BCUT2D eigenvalue weighted by Crippen LogP contribution is -1.91. The van der Waals surface area contributed by atoms with Crippen LogP contribution in [0.4, 0.5) is 0 Å². The van der Waals surface area contributed by atoms with E-state index in [4.69, 9.17) is 9.51 Å². The van der Waals surface area contributed by atoms with Crippen molar-refractivity contribution < 1.29 is 4.52 Å². The van der Waals surface area contributed by atoms with Crippen LogP contribution in [0.2, 0.25) is 0 Å². The standard InChI is InChI=1S/C22H19N3OS/c1-2-4-15(5-3-1)6-13-20-24-21(25-26-20)17-9-7-16(8-10-17)19-14-27-22(23-19)18-11-12-18/h1-5,7-10,14,18H,6,11-13H2. The molecule has 5 heteroatoms. The molecule has 0 N–H and O–H groups in total. The highest BCUT2D eigenvalue weighted by Crippen LogP contribution is 2.42. The normalized spacial score (nSPS) is 13.8. The van der Waals surface area contributed by atoms with Crippen LogP contribution in [0.25, 0.3) is 22.6 Å². The predicted molar refractivity (Wildman–Crippen MR) is 107 cm³/mol. The fraction of sp³-hybridized carbons (Fsp3) is 0.227. The number of rotatable bonds is 6. The summed E-state index contributed by atoms with van der Waals surface area (Å²) in [7, 11) is 0. The molecule has 0 spiro atoms. The second-order valence-electron chi connectivity index (χ2n) is 6.92. The average Bonchev–Trinajstić information content (AvgIpc) is 3.27. The van der Waals surface area contributed by atoms with E-state index in [9.17, 15) is 0 Å². The lowest BCUT2D eigenvalue weighted by Gasteiger charge is -1.98. The largest absolute Gasteiger partial charge is 0.339 e. The van der Waals surface area contributed by atoms with Gasteiger partial charge in [-0.05, 0) is 24.8 Å². The molecule has 4 aromatic rings. The Kier molecular flexibility index (Phi) is 4.30. The van der Waals surface area contributed by atoms with Gasteiger partial charge in [0.1, 0.15) is 0 Å². The Hall–Kier alpha value is -2.79. The van der Waals surface area contributed by atoms with E-state index in [1.807, 2.05) is 30.3 Å². The summed E-state index contributed by atoms with van der Waals surface area (Å²) in [6.07, 6.45) is 4.22. The Bertz CT molecular complexity index is 1030. The van der Waals surface area contributed by atoms with Crippen LogP contribution in [-0.2, 0) is 12.8 Å². The first-order valence-corrected chi connectivity index (χ1v) is 10.2. The molecule has 4 nitrogen and oxygen atoms in total. The van der Waals surface area contributed by atoms with Crippen LogP contribution in [-0.4, -0.2) is 15.1 Å². The van der Waals surface area contributed by atoms with Gasteiger partial charge in [-0.25, -0.2) is 4.98 Å². The van der Waals surface area contributed by atoms with Crippen LogP contribution in [0, 0.1) is 0 Å². The molecule has 0 unspecified atom stereocenters. The topological polar surface area (TPSA) is 51.8 Å². The summed E-state index contributed by atoms with van der Waals surface area (Å²) < 4.78 is 5.42. The van der Waals surface area contributed by atoms with Crippen LogP contribution in [0.15, 0.2) is 64.5 Å². The van der Waals surface area contributed by atoms with Gasteiger partial charge in [0.05, 0.1) is 10.7 Å². The summed E-state index contributed by atoms with van der Waals surface area (Å²) in [5.41, 5.74) is 4.43. The lowest BCUT2D eigenvalue weighted by molar-refractivity contribution is 0.379. The van der Waals surface area contributed by atoms with Crippen molar-refractivity contribution in [1.29, 1.82) is 0 Å². The summed E-state index contributed by atoms with van der Waals surface area (Å²) in [6, 6.07) is 18.6. The minimum absolute atomic E-state index is 0.640. The van der Waals surface area contributed by atoms with Gasteiger partial charge in [-0.1, -0.05) is 59.8 Å². The Morgan fingerprint density at radius 1 is 0.889 bits per heavy atom. The minimum atomic E-state index is 0.640. The summed E-state index contributed by atoms with van der Waals surface area (Å²) in [6.45, 7) is 0. The van der Waals surface area contributed by atoms with Gasteiger partial charge in [0.15, 0.2) is 0 Å². The number of hydrogen-bond donors (Lipinski definition) is 0. The van der Waals surface area contributed by atoms with Crippen LogP contribution in [0.5, 0.6) is 0 Å². The predicted octanol–water partition coefficient (Wildman–Crippen LogP) is 5.52. The first kappa shape index (κ1) is 16.4. The maximum atomic E-state index is 5.42. The smallest absolute Gasteiger partial charge is 0.227 e. The van der Waals surface area contributed by atoms with Gasteiger partial charge < -0.3 is 4.52 Å². The molecule has 1 aliphatic rings. The number of benzene rings is 2. The Morgan fingerprint density at radius 2 is 1.67 bits per heavy atom. The second-order valence-corrected chi connectivity index (χ2v) is 7.81. The van der Waals surface area contributed by atoms with Crippen molar-refractivity contribution in [2.45, 2.75) is 31.6 Å². The number of aryl methyl sites for hydroxylation is 2. The number of aromatic nitrogens is 3. The highest BCUT2D eigenvalue weighted by Gasteiger charge is 2.26. The van der Waals surface area contributed by atoms with E-state index < -0.39 is 0 Å². The van der Waals surface area contributed by atoms with Crippen LogP contribution < -0.4 is 0 Å². The van der Waals surface area contributed by atoms with E-state index >= 15 is 0 Å². The molecular formula is C22H19N3OS. The summed E-state index contributed by atoms with van der Waals surface area (Å²) >= 11 is 1.77. The highest BCUT2D eigenvalue weighted by molar-refractivity contribution is 7.10. The first-order valence-electron chi connectivity index (χ1n) is 9.28. The van der Waals surface area contributed by atoms with Crippen LogP contribution in [0.1, 0.15) is 35.2 Å². The zero-order chi connectivity index (χ0) is 18.1. The molecule has 1 saturated carbocycles. The molecule has 0 amide bonds. The zero-order valence-electron chi connectivity index (χ0n) is 14.8. The van der Waals surface area contributed by atoms with Crippen LogP contribution in [0.3, 0.4) is 0 Å². The van der Waals surface area contributed by atoms with Crippen molar-refractivity contribution in [3.63, 3.8) is 0 Å². The maximum Gasteiger partial charge on any atom is 0.227 e. The van der Waals surface area contributed by atoms with E-state index in [-0.39, 0.29) is 0 Å². The van der Waals surface area contributed by atoms with Crippen molar-refractivity contribution in [2.24, 2.45) is 0 Å². The van der Waals surface area contributed by atoms with Gasteiger partial charge in [0.25, 0.3) is 0 Å². The second kappa shape index (κ2) is 7.08. The quantitative estimate of drug-likeness (QED) is 0.446. The van der Waals surface area contributed by atoms with Crippen LogP contribution >= 0.6 is 11.3 Å². The van der Waals surface area contributed by atoms with E-state index in [2.05, 4.69) is 39.8 Å². The van der Waals surface area contributed by atoms with E-state index in [0.717, 1.165) is 29.7 Å². The molecule has 0 atom stereocenters. The fourth-order valence-corrected chi connectivity index (χ4v) is 4.10. The van der Waals surface area contributed by atoms with Gasteiger partial charge in [0.2, 0.25) is 11.7 Å². The average molecular weight is 373 g/mol. The maximum absolute atomic E-state index is 5.42. The molecule has 134 valence electrons. The Balaban J connectivity index is 1.28. The molecule has 2 heterocycles. The molecule has 1 fully saturated rings. The molecular weight excluding hydrogens is 354 g/mol. The third-order valence-corrected chi connectivity index (χ3v) is 5.83. The number of hydrogen-bond acceptors (Lipinski definition) is 5. The number of thiazole rings is 1. The third kappa shape index (κ3) is 3.69. The molecule has 5 rings (SSSR count). The monoisotopic (exact) mass is 373 g/mol. The summed E-state index contributed by atoms with van der Waals surface area (Å²) in [4.78, 5) is 9.31. The van der Waals surface area contributed by atoms with Crippen molar-refractivity contribution in [3.05, 3.63) is 76.4 Å². The Labute approximate surface area is 161 Å². The summed E-state index contributed by atoms with van der Waals surface area (Å²) in [5, 5.41) is 7.56. The molecule has 0 bridgehead atoms. The third-order valence-electron chi connectivity index (χ3n) is 4.83. The van der Waals surface area contributed by atoms with Crippen molar-refractivity contribution in [3.8, 4) is 22.6 Å². The summed E-state index contributed by atoms with van der Waals surface area (Å²) in [5.74, 6) is 2.02. The zero-order valence-corrected chi connectivity index (χ0v) is 15.7. The SMILES string of the molecule is c1ccc(CCc2nc(-c3ccc(-c4csc(C5CC5)n4)cc3)no2)cc1. The van der Waals surface area contributed by atoms with Crippen molar-refractivity contribution in [1.82, 2.24) is 15.1 Å². The molecule has 1 aliphatic carbocycles. The van der Waals surface area contributed by atoms with Gasteiger partial charge >= 0.3 is 0 Å². The van der Waals surface area contributed by atoms with Crippen molar-refractivity contribution in [2.75, 3.05) is 0 Å². The minimum Gasteiger partial charge on any atom is -0.339 e. The fourth-order valence-electron chi connectivity index (χ4n) is 3.10. The molecule has 2 aromatic heterocycles. The van der Waals surface area contributed by atoms with Crippen molar-refractivity contribution >= 4 is 11.3 Å². The van der Waals surface area contributed by atoms with Gasteiger partial charge in [-0.3, -0.25) is 0 Å². The highest BCUT2D eigenvalue weighted by atomic mass is 32.1. The van der Waals surface area contributed by atoms with E-state index in [1.165, 1.54) is 23.4 Å². The van der Waals surface area contributed by atoms with Gasteiger partial charge in [-0.2, -0.15) is 4.98 Å². The lowest BCUT2D eigenvalue weighted by atomic mass is 10.1. The first-order chi connectivity index (χ1) is 13.3. The molecule has 27 heavy (non-hydrogen) atoms. The number of nitrogens with zero attached hydrogens (tertiary/aromatic N) is 3.